The number of ether oxygens (including phenoxy) is 1. The number of likely N-dealkylation sites (N-methyl/N-ethyl adjacent to an activating group) is 1. The van der Waals surface area contributed by atoms with E-state index in [2.05, 4.69) is 35.0 Å². The van der Waals surface area contributed by atoms with Gasteiger partial charge in [0.15, 0.2) is 5.65 Å². The molecule has 0 saturated carbocycles. The first-order valence-electron chi connectivity index (χ1n) is 11.9. The molecular weight excluding hydrogens is 469 g/mol. The Balaban J connectivity index is 1.38. The summed E-state index contributed by atoms with van der Waals surface area (Å²) in [6.07, 6.45) is 7.01. The predicted molar refractivity (Wildman–Crippen MR) is 142 cm³/mol. The van der Waals surface area contributed by atoms with Crippen molar-refractivity contribution in [1.82, 2.24) is 35.0 Å². The normalized spacial score (nSPS) is 11.6. The van der Waals surface area contributed by atoms with Gasteiger partial charge in [-0.05, 0) is 61.6 Å². The van der Waals surface area contributed by atoms with E-state index in [0.29, 0.717) is 23.7 Å². The second-order valence-electron chi connectivity index (χ2n) is 9.07. The molecular formula is C28H24FN7O. The van der Waals surface area contributed by atoms with Crippen molar-refractivity contribution >= 4 is 22.1 Å². The molecule has 0 spiro atoms. The first-order valence-corrected chi connectivity index (χ1v) is 11.9. The minimum Gasteiger partial charge on any atom is -0.491 e. The van der Waals surface area contributed by atoms with Crippen LogP contribution in [0.4, 0.5) is 4.39 Å². The molecule has 2 N–H and O–H groups in total. The summed E-state index contributed by atoms with van der Waals surface area (Å²) < 4.78 is 19.7. The summed E-state index contributed by atoms with van der Waals surface area (Å²) in [6.45, 7) is 1.39. The Morgan fingerprint density at radius 2 is 1.78 bits per heavy atom. The molecule has 0 fully saturated rings. The van der Waals surface area contributed by atoms with Crippen LogP contribution in [0.15, 0.2) is 73.3 Å². The van der Waals surface area contributed by atoms with Gasteiger partial charge in [-0.15, -0.1) is 0 Å². The Bertz CT molecular complexity index is 1720. The van der Waals surface area contributed by atoms with E-state index in [9.17, 15) is 4.39 Å². The van der Waals surface area contributed by atoms with Gasteiger partial charge in [0.05, 0.1) is 11.9 Å². The van der Waals surface area contributed by atoms with Crippen molar-refractivity contribution in [2.75, 3.05) is 27.2 Å². The lowest BCUT2D eigenvalue weighted by Gasteiger charge is -2.11. The summed E-state index contributed by atoms with van der Waals surface area (Å²) in [6, 6.07) is 14.4. The second kappa shape index (κ2) is 9.44. The fraction of sp³-hybridized carbons (Fsp3) is 0.143. The van der Waals surface area contributed by atoms with Crippen LogP contribution < -0.4 is 4.74 Å². The number of pyridine rings is 3. The Morgan fingerprint density at radius 1 is 0.892 bits per heavy atom. The fourth-order valence-electron chi connectivity index (χ4n) is 4.33. The summed E-state index contributed by atoms with van der Waals surface area (Å²) >= 11 is 0. The van der Waals surface area contributed by atoms with Gasteiger partial charge in [-0.25, -0.2) is 14.4 Å². The van der Waals surface area contributed by atoms with Crippen LogP contribution in [-0.2, 0) is 0 Å². The van der Waals surface area contributed by atoms with Crippen LogP contribution >= 0.6 is 0 Å². The number of fused-ring (bicyclic) bond motifs is 2. The zero-order chi connectivity index (χ0) is 25.4. The maximum atomic E-state index is 13.9. The van der Waals surface area contributed by atoms with E-state index in [1.807, 2.05) is 44.4 Å². The third kappa shape index (κ3) is 4.52. The van der Waals surface area contributed by atoms with Crippen molar-refractivity contribution in [2.45, 2.75) is 0 Å². The Labute approximate surface area is 212 Å². The van der Waals surface area contributed by atoms with Crippen LogP contribution in [0.2, 0.25) is 0 Å². The molecule has 0 bridgehead atoms. The minimum atomic E-state index is -0.281. The summed E-state index contributed by atoms with van der Waals surface area (Å²) in [5.41, 5.74) is 6.35. The Kier molecular flexibility index (Phi) is 5.82. The lowest BCUT2D eigenvalue weighted by molar-refractivity contribution is 0.261. The van der Waals surface area contributed by atoms with Crippen molar-refractivity contribution in [2.24, 2.45) is 0 Å². The molecule has 6 rings (SSSR count). The highest BCUT2D eigenvalue weighted by molar-refractivity contribution is 5.99. The smallest absolute Gasteiger partial charge is 0.155 e. The van der Waals surface area contributed by atoms with Gasteiger partial charge < -0.3 is 14.6 Å². The molecule has 9 heteroatoms. The highest BCUT2D eigenvalue weighted by atomic mass is 19.1. The largest absolute Gasteiger partial charge is 0.491 e. The molecule has 5 heterocycles. The van der Waals surface area contributed by atoms with Crippen molar-refractivity contribution < 1.29 is 9.13 Å². The van der Waals surface area contributed by atoms with Gasteiger partial charge in [-0.1, -0.05) is 12.1 Å². The zero-order valence-corrected chi connectivity index (χ0v) is 20.4. The highest BCUT2D eigenvalue weighted by Crippen LogP contribution is 2.34. The van der Waals surface area contributed by atoms with Crippen LogP contribution in [0.25, 0.3) is 55.7 Å². The summed E-state index contributed by atoms with van der Waals surface area (Å²) in [5, 5.41) is 9.29. The van der Waals surface area contributed by atoms with Gasteiger partial charge in [-0.3, -0.25) is 10.1 Å². The van der Waals surface area contributed by atoms with Gasteiger partial charge in [0.2, 0.25) is 0 Å². The molecule has 0 aliphatic heterocycles. The van der Waals surface area contributed by atoms with Gasteiger partial charge >= 0.3 is 0 Å². The molecule has 184 valence electrons. The molecule has 8 nitrogen and oxygen atoms in total. The number of H-pyrrole nitrogens is 2. The lowest BCUT2D eigenvalue weighted by Crippen LogP contribution is -2.19. The predicted octanol–water partition coefficient (Wildman–Crippen LogP) is 5.31. The maximum Gasteiger partial charge on any atom is 0.155 e. The average Bonchev–Trinajstić information content (AvgIpc) is 3.52. The number of aromatic amines is 2. The Morgan fingerprint density at radius 3 is 2.65 bits per heavy atom. The third-order valence-corrected chi connectivity index (χ3v) is 6.19. The number of hydrogen-bond donors (Lipinski definition) is 2. The fourth-order valence-corrected chi connectivity index (χ4v) is 4.33. The third-order valence-electron chi connectivity index (χ3n) is 6.19. The molecule has 0 amide bonds. The lowest BCUT2D eigenvalue weighted by atomic mass is 10.0. The van der Waals surface area contributed by atoms with Gasteiger partial charge in [-0.2, -0.15) is 5.10 Å². The summed E-state index contributed by atoms with van der Waals surface area (Å²) in [7, 11) is 4.01. The van der Waals surface area contributed by atoms with Crippen molar-refractivity contribution in [3.8, 4) is 39.4 Å². The first kappa shape index (κ1) is 22.8. The van der Waals surface area contributed by atoms with E-state index in [-0.39, 0.29) is 5.82 Å². The van der Waals surface area contributed by atoms with E-state index in [4.69, 9.17) is 4.74 Å². The number of halogens is 1. The quantitative estimate of drug-likeness (QED) is 0.313. The number of hydrogen-bond acceptors (Lipinski definition) is 6. The van der Waals surface area contributed by atoms with Crippen LogP contribution in [0.1, 0.15) is 0 Å². The van der Waals surface area contributed by atoms with Crippen molar-refractivity contribution in [3.63, 3.8) is 0 Å². The summed E-state index contributed by atoms with van der Waals surface area (Å²) in [4.78, 5) is 18.8. The van der Waals surface area contributed by atoms with E-state index in [1.165, 1.54) is 12.1 Å². The minimum absolute atomic E-state index is 0.281. The van der Waals surface area contributed by atoms with Gasteiger partial charge in [0.1, 0.15) is 29.5 Å². The molecule has 6 aromatic rings. The molecule has 0 aliphatic rings. The molecule has 0 unspecified atom stereocenters. The standard InChI is InChI=1S/C28H24FN7O/c1-36(2)8-9-37-21-11-18(14-30-16-21)19-12-24-26(34-35-28(24)32-15-19)25-13-23-22(6-7-31-27(23)33-25)17-4-3-5-20(29)10-17/h3-7,10-16H,8-9H2,1-2H3,(H,31,33)(H,32,34,35). The van der Waals surface area contributed by atoms with E-state index in [0.717, 1.165) is 51.0 Å². The monoisotopic (exact) mass is 493 g/mol. The number of nitrogens with one attached hydrogen (secondary N) is 2. The topological polar surface area (TPSA) is 95.6 Å². The van der Waals surface area contributed by atoms with Gasteiger partial charge in [0.25, 0.3) is 0 Å². The molecule has 37 heavy (non-hydrogen) atoms. The average molecular weight is 494 g/mol. The molecule has 5 aromatic heterocycles. The summed E-state index contributed by atoms with van der Waals surface area (Å²) in [5.74, 6) is 0.426. The molecule has 0 saturated heterocycles. The van der Waals surface area contributed by atoms with Crippen LogP contribution in [0.3, 0.4) is 0 Å². The Hall–Kier alpha value is -4.63. The number of rotatable bonds is 7. The van der Waals surface area contributed by atoms with Crippen molar-refractivity contribution in [3.05, 3.63) is 79.1 Å². The zero-order valence-electron chi connectivity index (χ0n) is 20.4. The SMILES string of the molecule is CN(C)CCOc1cncc(-c2cnc3[nH]nc(-c4cc5c(-c6cccc(F)c6)ccnc5[nH]4)c3c2)c1. The molecule has 0 aliphatic carbocycles. The van der Waals surface area contributed by atoms with Crippen LogP contribution in [0.5, 0.6) is 5.75 Å². The highest BCUT2D eigenvalue weighted by Gasteiger charge is 2.16. The molecule has 0 atom stereocenters. The van der Waals surface area contributed by atoms with Gasteiger partial charge in [0, 0.05) is 47.0 Å². The number of benzene rings is 1. The first-order chi connectivity index (χ1) is 18.0. The number of nitrogens with zero attached hydrogens (tertiary/aromatic N) is 5. The van der Waals surface area contributed by atoms with E-state index < -0.39 is 0 Å². The molecule has 0 radical (unpaired) electrons. The van der Waals surface area contributed by atoms with Crippen LogP contribution in [-0.4, -0.2) is 62.3 Å². The van der Waals surface area contributed by atoms with E-state index >= 15 is 0 Å². The molecule has 1 aromatic carbocycles. The van der Waals surface area contributed by atoms with Crippen LogP contribution in [0, 0.1) is 5.82 Å². The van der Waals surface area contributed by atoms with Crippen molar-refractivity contribution in [1.29, 1.82) is 0 Å². The maximum absolute atomic E-state index is 13.9. The second-order valence-corrected chi connectivity index (χ2v) is 9.07. The van der Waals surface area contributed by atoms with E-state index in [1.54, 1.807) is 30.9 Å². The number of aromatic nitrogens is 6.